The number of nitrogens with zero attached hydrogens (tertiary/aromatic N) is 1. The lowest BCUT2D eigenvalue weighted by atomic mass is 10.2. The molecule has 15 heavy (non-hydrogen) atoms. The zero-order valence-electron chi connectivity index (χ0n) is 8.56. The van der Waals surface area contributed by atoms with Crippen molar-refractivity contribution in [3.05, 3.63) is 16.1 Å². The van der Waals surface area contributed by atoms with E-state index < -0.39 is 0 Å². The Morgan fingerprint density at radius 2 is 2.67 bits per heavy atom. The van der Waals surface area contributed by atoms with Gasteiger partial charge in [-0.05, 0) is 19.8 Å². The number of rotatable bonds is 3. The molecule has 0 bridgehead atoms. The van der Waals surface area contributed by atoms with Crippen LogP contribution in [0.25, 0.3) is 0 Å². The maximum Gasteiger partial charge on any atom is 0.357 e. The third-order valence-electron chi connectivity index (χ3n) is 2.25. The van der Waals surface area contributed by atoms with Gasteiger partial charge in [-0.2, -0.15) is 0 Å². The van der Waals surface area contributed by atoms with Crippen LogP contribution in [0.3, 0.4) is 0 Å². The van der Waals surface area contributed by atoms with Crippen LogP contribution < -0.4 is 0 Å². The van der Waals surface area contributed by atoms with Crippen LogP contribution in [0.5, 0.6) is 0 Å². The van der Waals surface area contributed by atoms with E-state index in [-0.39, 0.29) is 12.1 Å². The van der Waals surface area contributed by atoms with Gasteiger partial charge in [0.05, 0.1) is 11.1 Å². The number of ether oxygens (including phenoxy) is 2. The number of hydrogen-bond acceptors (Lipinski definition) is 5. The third kappa shape index (κ3) is 2.76. The van der Waals surface area contributed by atoms with E-state index in [1.807, 2.05) is 6.92 Å². The van der Waals surface area contributed by atoms with Gasteiger partial charge in [-0.1, -0.05) is 0 Å². The largest absolute Gasteiger partial charge is 0.458 e. The molecule has 0 saturated carbocycles. The lowest BCUT2D eigenvalue weighted by Gasteiger charge is -2.08. The first kappa shape index (κ1) is 10.6. The van der Waals surface area contributed by atoms with Crippen LogP contribution in [0, 0.1) is 6.92 Å². The Hall–Kier alpha value is -0.940. The highest BCUT2D eigenvalue weighted by Gasteiger charge is 2.18. The van der Waals surface area contributed by atoms with Crippen LogP contribution in [-0.4, -0.2) is 30.3 Å². The fraction of sp³-hybridized carbons (Fsp3) is 0.600. The summed E-state index contributed by atoms with van der Waals surface area (Å²) in [5.74, 6) is -0.352. The van der Waals surface area contributed by atoms with Crippen LogP contribution in [-0.2, 0) is 9.47 Å². The van der Waals surface area contributed by atoms with E-state index >= 15 is 0 Å². The van der Waals surface area contributed by atoms with Crippen molar-refractivity contribution in [3.63, 3.8) is 0 Å². The van der Waals surface area contributed by atoms with E-state index in [0.717, 1.165) is 24.5 Å². The van der Waals surface area contributed by atoms with Gasteiger partial charge in [-0.15, -0.1) is 11.3 Å². The fourth-order valence-corrected chi connectivity index (χ4v) is 2.06. The van der Waals surface area contributed by atoms with Crippen molar-refractivity contribution in [2.45, 2.75) is 25.9 Å². The molecule has 4 nitrogen and oxygen atoms in total. The number of thiazole rings is 1. The molecule has 2 rings (SSSR count). The maximum absolute atomic E-state index is 11.5. The molecule has 0 radical (unpaired) electrons. The topological polar surface area (TPSA) is 48.4 Å². The molecule has 0 aliphatic carbocycles. The summed E-state index contributed by atoms with van der Waals surface area (Å²) in [4.78, 5) is 15.5. The molecule has 0 amide bonds. The third-order valence-corrected chi connectivity index (χ3v) is 3.03. The lowest BCUT2D eigenvalue weighted by Crippen LogP contribution is -2.18. The predicted octanol–water partition coefficient (Wildman–Crippen LogP) is 1.79. The highest BCUT2D eigenvalue weighted by atomic mass is 32.1. The highest BCUT2D eigenvalue weighted by Crippen LogP contribution is 2.14. The number of carbonyl (C=O) groups excluding carboxylic acids is 1. The minimum atomic E-state index is -0.352. The average Bonchev–Trinajstić information content (AvgIpc) is 2.84. The van der Waals surface area contributed by atoms with Crippen LogP contribution in [0.4, 0.5) is 0 Å². The van der Waals surface area contributed by atoms with Crippen molar-refractivity contribution in [2.75, 3.05) is 13.2 Å². The summed E-state index contributed by atoms with van der Waals surface area (Å²) in [5, 5.41) is 2.59. The Balaban J connectivity index is 1.81. The predicted molar refractivity (Wildman–Crippen MR) is 56.1 cm³/mol. The second kappa shape index (κ2) is 4.72. The van der Waals surface area contributed by atoms with Crippen molar-refractivity contribution in [2.24, 2.45) is 0 Å². The van der Waals surface area contributed by atoms with Gasteiger partial charge in [0.15, 0.2) is 5.69 Å². The number of aryl methyl sites for hydroxylation is 1. The zero-order valence-corrected chi connectivity index (χ0v) is 9.38. The van der Waals surface area contributed by atoms with E-state index in [4.69, 9.17) is 9.47 Å². The normalized spacial score (nSPS) is 20.5. The van der Waals surface area contributed by atoms with Crippen LogP contribution >= 0.6 is 11.3 Å². The summed E-state index contributed by atoms with van der Waals surface area (Å²) >= 11 is 1.45. The number of hydrogen-bond donors (Lipinski definition) is 0. The Bertz CT molecular complexity index is 344. The standard InChI is InChI=1S/C10H13NO3S/c1-7-11-9(6-15-7)10(12)14-5-8-3-2-4-13-8/h6,8H,2-5H2,1H3/t8-/m1/s1. The number of aromatic nitrogens is 1. The molecular weight excluding hydrogens is 214 g/mol. The fourth-order valence-electron chi connectivity index (χ4n) is 1.48. The lowest BCUT2D eigenvalue weighted by molar-refractivity contribution is 0.0157. The molecule has 0 spiro atoms. The summed E-state index contributed by atoms with van der Waals surface area (Å²) in [6.07, 6.45) is 2.11. The molecule has 1 saturated heterocycles. The van der Waals surface area contributed by atoms with Crippen LogP contribution in [0.1, 0.15) is 28.3 Å². The Labute approximate surface area is 92.2 Å². The molecule has 1 aromatic heterocycles. The van der Waals surface area contributed by atoms with Crippen LogP contribution in [0.15, 0.2) is 5.38 Å². The van der Waals surface area contributed by atoms with Crippen molar-refractivity contribution in [1.82, 2.24) is 4.98 Å². The second-order valence-electron chi connectivity index (χ2n) is 3.49. The van der Waals surface area contributed by atoms with E-state index in [2.05, 4.69) is 4.98 Å². The Morgan fingerprint density at radius 3 is 3.27 bits per heavy atom. The van der Waals surface area contributed by atoms with Crippen molar-refractivity contribution < 1.29 is 14.3 Å². The van der Waals surface area contributed by atoms with E-state index in [9.17, 15) is 4.79 Å². The van der Waals surface area contributed by atoms with E-state index in [0.29, 0.717) is 12.3 Å². The van der Waals surface area contributed by atoms with Crippen molar-refractivity contribution >= 4 is 17.3 Å². The minimum Gasteiger partial charge on any atom is -0.458 e. The Morgan fingerprint density at radius 1 is 1.80 bits per heavy atom. The SMILES string of the molecule is Cc1nc(C(=O)OC[C@H]2CCCO2)cs1. The first-order valence-electron chi connectivity index (χ1n) is 4.96. The monoisotopic (exact) mass is 227 g/mol. The molecule has 5 heteroatoms. The molecule has 0 N–H and O–H groups in total. The summed E-state index contributed by atoms with van der Waals surface area (Å²) in [6.45, 7) is 2.98. The summed E-state index contributed by atoms with van der Waals surface area (Å²) in [6, 6.07) is 0. The molecule has 1 aromatic rings. The summed E-state index contributed by atoms with van der Waals surface area (Å²) in [5.41, 5.74) is 0.399. The number of carbonyl (C=O) groups is 1. The summed E-state index contributed by atoms with van der Waals surface area (Å²) in [7, 11) is 0. The molecule has 1 aliphatic heterocycles. The smallest absolute Gasteiger partial charge is 0.357 e. The van der Waals surface area contributed by atoms with Gasteiger partial charge in [0.25, 0.3) is 0 Å². The van der Waals surface area contributed by atoms with Gasteiger partial charge in [0.1, 0.15) is 6.61 Å². The molecule has 0 unspecified atom stereocenters. The quantitative estimate of drug-likeness (QED) is 0.739. The van der Waals surface area contributed by atoms with Crippen molar-refractivity contribution in [3.8, 4) is 0 Å². The summed E-state index contributed by atoms with van der Waals surface area (Å²) < 4.78 is 10.5. The van der Waals surface area contributed by atoms with Gasteiger partial charge in [-0.3, -0.25) is 0 Å². The van der Waals surface area contributed by atoms with Gasteiger partial charge < -0.3 is 9.47 Å². The van der Waals surface area contributed by atoms with Gasteiger partial charge in [0, 0.05) is 12.0 Å². The molecule has 0 aromatic carbocycles. The van der Waals surface area contributed by atoms with Crippen molar-refractivity contribution in [1.29, 1.82) is 0 Å². The number of esters is 1. The van der Waals surface area contributed by atoms with Gasteiger partial charge >= 0.3 is 5.97 Å². The molecule has 2 heterocycles. The second-order valence-corrected chi connectivity index (χ2v) is 4.55. The first-order chi connectivity index (χ1) is 7.25. The molecule has 82 valence electrons. The van der Waals surface area contributed by atoms with E-state index in [1.54, 1.807) is 5.38 Å². The first-order valence-corrected chi connectivity index (χ1v) is 5.84. The van der Waals surface area contributed by atoms with Crippen LogP contribution in [0.2, 0.25) is 0 Å². The van der Waals surface area contributed by atoms with E-state index in [1.165, 1.54) is 11.3 Å². The molecule has 1 fully saturated rings. The highest BCUT2D eigenvalue weighted by molar-refractivity contribution is 7.09. The Kier molecular flexibility index (Phi) is 3.33. The minimum absolute atomic E-state index is 0.0775. The molecular formula is C10H13NO3S. The average molecular weight is 227 g/mol. The van der Waals surface area contributed by atoms with Gasteiger partial charge in [0.2, 0.25) is 0 Å². The van der Waals surface area contributed by atoms with Gasteiger partial charge in [-0.25, -0.2) is 9.78 Å². The molecule has 1 aliphatic rings. The molecule has 1 atom stereocenters. The zero-order chi connectivity index (χ0) is 10.7. The maximum atomic E-state index is 11.5.